The lowest BCUT2D eigenvalue weighted by Gasteiger charge is -2.27. The molecular formula is C39H57N3O7S2. The van der Waals surface area contributed by atoms with Gasteiger partial charge in [0.1, 0.15) is 5.75 Å². The molecule has 3 rings (SSSR count). The average Bonchev–Trinajstić information content (AvgIpc) is 3.13. The molecule has 0 fully saturated rings. The number of pyridine rings is 1. The van der Waals surface area contributed by atoms with Gasteiger partial charge in [0, 0.05) is 48.9 Å². The lowest BCUT2D eigenvalue weighted by atomic mass is 9.79. The topological polar surface area (TPSA) is 128 Å². The van der Waals surface area contributed by atoms with E-state index in [4.69, 9.17) is 9.18 Å². The number of hydrogen-bond donors (Lipinski definition) is 1. The summed E-state index contributed by atoms with van der Waals surface area (Å²) in [6, 6.07) is 13.1. The maximum atomic E-state index is 13.8. The van der Waals surface area contributed by atoms with E-state index < -0.39 is 26.6 Å². The lowest BCUT2D eigenvalue weighted by Crippen LogP contribution is -2.28. The Morgan fingerprint density at radius 3 is 2.25 bits per heavy atom. The molecule has 0 radical (unpaired) electrons. The zero-order chi connectivity index (χ0) is 37.6. The Morgan fingerprint density at radius 1 is 0.980 bits per heavy atom. The molecule has 0 saturated heterocycles. The summed E-state index contributed by atoms with van der Waals surface area (Å²) in [5.74, 6) is -0.315. The minimum Gasteiger partial charge on any atom is -0.506 e. The van der Waals surface area contributed by atoms with E-state index in [-0.39, 0.29) is 35.6 Å². The van der Waals surface area contributed by atoms with Gasteiger partial charge in [0.15, 0.2) is 11.1 Å². The van der Waals surface area contributed by atoms with E-state index in [0.717, 1.165) is 44.3 Å². The molecule has 0 aliphatic heterocycles. The first kappa shape index (κ1) is 42.1. The first-order chi connectivity index (χ1) is 24.3. The van der Waals surface area contributed by atoms with Gasteiger partial charge in [-0.25, -0.2) is 4.21 Å². The predicted octanol–water partition coefficient (Wildman–Crippen LogP) is 7.68. The van der Waals surface area contributed by atoms with Crippen molar-refractivity contribution in [1.29, 1.82) is 0 Å². The van der Waals surface area contributed by atoms with Crippen LogP contribution in [0.2, 0.25) is 0 Å². The minimum atomic E-state index is -3.65. The fourth-order valence-electron chi connectivity index (χ4n) is 6.09. The number of aryl methyl sites for hydroxylation is 1. The summed E-state index contributed by atoms with van der Waals surface area (Å²) in [5.41, 5.74) is 2.01. The van der Waals surface area contributed by atoms with Crippen LogP contribution in [0.15, 0.2) is 63.2 Å². The summed E-state index contributed by atoms with van der Waals surface area (Å²) in [6.07, 6.45) is 12.8. The van der Waals surface area contributed by atoms with Gasteiger partial charge < -0.3 is 14.6 Å². The molecule has 0 saturated carbocycles. The van der Waals surface area contributed by atoms with Gasteiger partial charge in [-0.1, -0.05) is 78.4 Å². The number of nitrogens with zero attached hydrogens (tertiary/aromatic N) is 3. The summed E-state index contributed by atoms with van der Waals surface area (Å²) in [4.78, 5) is 21.5. The van der Waals surface area contributed by atoms with Gasteiger partial charge in [0.25, 0.3) is 15.7 Å². The fourth-order valence-corrected chi connectivity index (χ4v) is 7.34. The van der Waals surface area contributed by atoms with Crippen LogP contribution in [0.25, 0.3) is 17.0 Å². The van der Waals surface area contributed by atoms with Crippen molar-refractivity contribution >= 4 is 49.6 Å². The Bertz CT molecular complexity index is 1840. The van der Waals surface area contributed by atoms with Crippen LogP contribution in [0, 0.1) is 0 Å². The van der Waals surface area contributed by atoms with Crippen LogP contribution >= 0.6 is 0 Å². The highest BCUT2D eigenvalue weighted by molar-refractivity contribution is 7.86. The van der Waals surface area contributed by atoms with Gasteiger partial charge >= 0.3 is 0 Å². The van der Waals surface area contributed by atoms with Gasteiger partial charge in [-0.2, -0.15) is 8.42 Å². The summed E-state index contributed by atoms with van der Waals surface area (Å²) < 4.78 is 47.5. The molecule has 1 N–H and O–H groups in total. The molecule has 1 unspecified atom stereocenters. The monoisotopic (exact) mass is 743 g/mol. The summed E-state index contributed by atoms with van der Waals surface area (Å²) in [6.45, 7) is 10.4. The van der Waals surface area contributed by atoms with E-state index in [1.807, 2.05) is 38.1 Å². The molecule has 0 amide bonds. The van der Waals surface area contributed by atoms with Crippen molar-refractivity contribution in [2.45, 2.75) is 95.8 Å². The third-order valence-electron chi connectivity index (χ3n) is 9.35. The Kier molecular flexibility index (Phi) is 16.6. The zero-order valence-electron chi connectivity index (χ0n) is 31.4. The van der Waals surface area contributed by atoms with E-state index in [2.05, 4.69) is 22.9 Å². The lowest BCUT2D eigenvalue weighted by molar-refractivity contribution is 0.397. The Balaban J connectivity index is 2.05. The Morgan fingerprint density at radius 2 is 1.65 bits per heavy atom. The quantitative estimate of drug-likeness (QED) is 0.0631. The number of rotatable bonds is 22. The van der Waals surface area contributed by atoms with Crippen molar-refractivity contribution in [3.05, 3.63) is 70.0 Å². The van der Waals surface area contributed by atoms with Crippen LogP contribution in [0.5, 0.6) is 5.75 Å². The van der Waals surface area contributed by atoms with Gasteiger partial charge in [-0.3, -0.25) is 18.2 Å². The minimum absolute atomic E-state index is 0.117. The zero-order valence-corrected chi connectivity index (χ0v) is 33.1. The number of allylic oxidation sites excluding steroid dienone is 1. The summed E-state index contributed by atoms with van der Waals surface area (Å²) in [5, 5.41) is 12.1. The first-order valence-corrected chi connectivity index (χ1v) is 20.6. The molecule has 1 atom stereocenters. The second-order valence-electron chi connectivity index (χ2n) is 13.4. The van der Waals surface area contributed by atoms with E-state index in [1.165, 1.54) is 45.6 Å². The molecule has 0 aliphatic rings. The third kappa shape index (κ3) is 11.6. The van der Waals surface area contributed by atoms with Crippen molar-refractivity contribution in [1.82, 2.24) is 4.57 Å². The molecule has 1 heterocycles. The molecule has 51 heavy (non-hydrogen) atoms. The molecule has 2 aromatic carbocycles. The maximum Gasteiger partial charge on any atom is 0.267 e. The molecular weight excluding hydrogens is 687 g/mol. The highest BCUT2D eigenvalue weighted by Gasteiger charge is 2.27. The smallest absolute Gasteiger partial charge is 0.267 e. The van der Waals surface area contributed by atoms with Crippen LogP contribution < -0.4 is 10.5 Å². The number of anilines is 1. The molecule has 0 aliphatic carbocycles. The molecule has 0 spiro atoms. The summed E-state index contributed by atoms with van der Waals surface area (Å²) in [7, 11) is 0.561. The number of aromatic nitrogens is 1. The van der Waals surface area contributed by atoms with Gasteiger partial charge in [0.05, 0.1) is 35.9 Å². The third-order valence-corrected chi connectivity index (χ3v) is 11.6. The number of unbranched alkanes of at least 4 members (excludes halogenated alkanes) is 6. The molecule has 10 nitrogen and oxygen atoms in total. The second kappa shape index (κ2) is 20.1. The molecule has 0 bridgehead atoms. The predicted molar refractivity (Wildman–Crippen MR) is 211 cm³/mol. The Labute approximate surface area is 307 Å². The Hall–Kier alpha value is -3.32. The van der Waals surface area contributed by atoms with Crippen molar-refractivity contribution in [3.63, 3.8) is 0 Å². The maximum absolute atomic E-state index is 13.8. The van der Waals surface area contributed by atoms with Crippen LogP contribution in [-0.2, 0) is 42.0 Å². The van der Waals surface area contributed by atoms with Crippen molar-refractivity contribution in [2.24, 2.45) is 12.0 Å². The van der Waals surface area contributed by atoms with Gasteiger partial charge in [0.2, 0.25) is 0 Å². The van der Waals surface area contributed by atoms with E-state index >= 15 is 0 Å². The molecule has 1 aromatic heterocycles. The number of aliphatic imine (C=N–C) groups is 1. The number of aromatic hydroxyl groups is 1. The normalized spacial score (nSPS) is 13.4. The molecule has 12 heteroatoms. The van der Waals surface area contributed by atoms with Gasteiger partial charge in [-0.05, 0) is 67.3 Å². The van der Waals surface area contributed by atoms with Crippen LogP contribution in [0.1, 0.15) is 96.6 Å². The van der Waals surface area contributed by atoms with Crippen molar-refractivity contribution in [2.75, 3.05) is 44.5 Å². The standard InChI is InChI=1S/C39H57N3O7S2/c1-8-10-12-14-25-42(26-15-13-11-9-2)31-20-21-33-35(29-31)41(5)38(44)34(37(33)43)22-23-36(40-24-17-27-51(46,47)49-7)39(3,4)30-18-16-19-32(28-30)50(45)48-6/h16,18-23,28-29,43H,8-15,17,24-27H2,1-7H3/b23-22+,40-36?. The van der Waals surface area contributed by atoms with Crippen molar-refractivity contribution < 1.29 is 26.1 Å². The first-order valence-electron chi connectivity index (χ1n) is 18.0. The second-order valence-corrected chi connectivity index (χ2v) is 16.5. The molecule has 3 aromatic rings. The van der Waals surface area contributed by atoms with E-state index in [0.29, 0.717) is 21.5 Å². The van der Waals surface area contributed by atoms with Crippen LogP contribution in [0.3, 0.4) is 0 Å². The van der Waals surface area contributed by atoms with Gasteiger partial charge in [-0.15, -0.1) is 0 Å². The van der Waals surface area contributed by atoms with Crippen LogP contribution in [-0.4, -0.2) is 67.6 Å². The summed E-state index contributed by atoms with van der Waals surface area (Å²) >= 11 is -1.65. The van der Waals surface area contributed by atoms with Crippen LogP contribution in [0.4, 0.5) is 5.69 Å². The number of benzene rings is 2. The van der Waals surface area contributed by atoms with E-state index in [9.17, 15) is 22.5 Å². The fraction of sp³-hybridized carbons (Fsp3) is 0.538. The highest BCUT2D eigenvalue weighted by atomic mass is 32.2. The number of fused-ring (bicyclic) bond motifs is 1. The van der Waals surface area contributed by atoms with Crippen molar-refractivity contribution in [3.8, 4) is 5.75 Å². The molecule has 282 valence electrons. The highest BCUT2D eigenvalue weighted by Crippen LogP contribution is 2.32. The van der Waals surface area contributed by atoms with E-state index in [1.54, 1.807) is 42.0 Å². The number of hydrogen-bond acceptors (Lipinski definition) is 9. The SMILES string of the molecule is CCCCCCN(CCCCCC)c1ccc2c(O)c(/C=C/C(=NCCCS(=O)(=O)OC)C(C)(C)c3cccc(S(=O)OC)c3)c(=O)n(C)c2c1. The largest absolute Gasteiger partial charge is 0.506 e. The average molecular weight is 744 g/mol.